The maximum atomic E-state index is 13.7. The first-order valence-corrected chi connectivity index (χ1v) is 5.98. The molecule has 2 rings (SSSR count). The van der Waals surface area contributed by atoms with E-state index in [0.717, 1.165) is 19.6 Å². The monoisotopic (exact) mass is 271 g/mol. The molecule has 1 saturated heterocycles. The molecule has 0 bridgehead atoms. The summed E-state index contributed by atoms with van der Waals surface area (Å²) in [5.74, 6) is -2.52. The minimum absolute atomic E-state index is 0.0639. The van der Waals surface area contributed by atoms with Gasteiger partial charge >= 0.3 is 5.97 Å². The average molecular weight is 271 g/mol. The maximum absolute atomic E-state index is 13.7. The van der Waals surface area contributed by atoms with E-state index >= 15 is 0 Å². The van der Waals surface area contributed by atoms with Crippen molar-refractivity contribution in [1.29, 1.82) is 0 Å². The summed E-state index contributed by atoms with van der Waals surface area (Å²) in [6.07, 6.45) is 0.664. The number of esters is 1. The number of ether oxygens (including phenoxy) is 2. The molecule has 0 saturated carbocycles. The Morgan fingerprint density at radius 3 is 2.74 bits per heavy atom. The molecule has 1 heterocycles. The van der Waals surface area contributed by atoms with Crippen LogP contribution in [0.5, 0.6) is 0 Å². The van der Waals surface area contributed by atoms with E-state index in [1.54, 1.807) is 0 Å². The second-order valence-electron chi connectivity index (χ2n) is 4.42. The Morgan fingerprint density at radius 1 is 1.42 bits per heavy atom. The van der Waals surface area contributed by atoms with Crippen LogP contribution < -0.4 is 5.32 Å². The van der Waals surface area contributed by atoms with E-state index in [4.69, 9.17) is 4.74 Å². The topological polar surface area (TPSA) is 47.6 Å². The van der Waals surface area contributed by atoms with Gasteiger partial charge in [0.25, 0.3) is 0 Å². The lowest BCUT2D eigenvalue weighted by Gasteiger charge is -2.18. The Labute approximate surface area is 109 Å². The van der Waals surface area contributed by atoms with Gasteiger partial charge in [0, 0.05) is 12.7 Å². The quantitative estimate of drug-likeness (QED) is 0.857. The van der Waals surface area contributed by atoms with Gasteiger partial charge in [-0.2, -0.15) is 0 Å². The fourth-order valence-corrected chi connectivity index (χ4v) is 2.05. The lowest BCUT2D eigenvalue weighted by Crippen LogP contribution is -2.27. The molecule has 0 radical (unpaired) electrons. The molecule has 104 valence electrons. The van der Waals surface area contributed by atoms with Crippen molar-refractivity contribution in [3.05, 3.63) is 29.3 Å². The van der Waals surface area contributed by atoms with Crippen molar-refractivity contribution in [2.75, 3.05) is 19.0 Å². The normalized spacial score (nSPS) is 22.3. The van der Waals surface area contributed by atoms with Crippen LogP contribution in [0.25, 0.3) is 0 Å². The number of hydrogen-bond donors (Lipinski definition) is 1. The lowest BCUT2D eigenvalue weighted by atomic mass is 10.1. The molecule has 2 unspecified atom stereocenters. The zero-order valence-corrected chi connectivity index (χ0v) is 10.7. The minimum Gasteiger partial charge on any atom is -0.465 e. The Bertz CT molecular complexity index is 493. The molecule has 0 aliphatic carbocycles. The fraction of sp³-hybridized carbons (Fsp3) is 0.462. The van der Waals surface area contributed by atoms with Crippen molar-refractivity contribution in [3.63, 3.8) is 0 Å². The number of carbonyl (C=O) groups excluding carboxylic acids is 1. The molecule has 0 amide bonds. The average Bonchev–Trinajstić information content (AvgIpc) is 2.77. The first-order chi connectivity index (χ1) is 9.02. The van der Waals surface area contributed by atoms with Crippen molar-refractivity contribution in [2.24, 2.45) is 0 Å². The van der Waals surface area contributed by atoms with Crippen LogP contribution in [0.4, 0.5) is 14.5 Å². The SMILES string of the molecule is COC(=O)c1cc(NC2CCOC2C)c(F)cc1F. The summed E-state index contributed by atoms with van der Waals surface area (Å²) in [5, 5.41) is 2.93. The molecule has 1 aliphatic heterocycles. The summed E-state index contributed by atoms with van der Waals surface area (Å²) in [5.41, 5.74) is -0.220. The van der Waals surface area contributed by atoms with Gasteiger partial charge in [-0.25, -0.2) is 13.6 Å². The van der Waals surface area contributed by atoms with Gasteiger partial charge in [-0.1, -0.05) is 0 Å². The van der Waals surface area contributed by atoms with Crippen molar-refractivity contribution in [3.8, 4) is 0 Å². The van der Waals surface area contributed by atoms with Crippen LogP contribution >= 0.6 is 0 Å². The highest BCUT2D eigenvalue weighted by molar-refractivity contribution is 5.90. The third-order valence-electron chi connectivity index (χ3n) is 3.18. The van der Waals surface area contributed by atoms with E-state index < -0.39 is 17.6 Å². The highest BCUT2D eigenvalue weighted by atomic mass is 19.1. The standard InChI is InChI=1S/C13H15F2NO3/c1-7-11(3-4-19-7)16-12-5-8(13(17)18-2)9(14)6-10(12)15/h5-7,11,16H,3-4H2,1-2H3. The number of rotatable bonds is 3. The number of carbonyl (C=O) groups is 1. The van der Waals surface area contributed by atoms with E-state index in [2.05, 4.69) is 10.1 Å². The Morgan fingerprint density at radius 2 is 2.16 bits per heavy atom. The van der Waals surface area contributed by atoms with Crippen LogP contribution in [0, 0.1) is 11.6 Å². The van der Waals surface area contributed by atoms with Crippen LogP contribution in [0.3, 0.4) is 0 Å². The smallest absolute Gasteiger partial charge is 0.340 e. The van der Waals surface area contributed by atoms with Gasteiger partial charge in [-0.3, -0.25) is 0 Å². The second kappa shape index (κ2) is 5.52. The predicted octanol–water partition coefficient (Wildman–Crippen LogP) is 2.34. The van der Waals surface area contributed by atoms with Crippen LogP contribution in [0.15, 0.2) is 12.1 Å². The molecule has 1 aromatic rings. The summed E-state index contributed by atoms with van der Waals surface area (Å²) < 4.78 is 36.9. The summed E-state index contributed by atoms with van der Waals surface area (Å²) in [6.45, 7) is 2.46. The van der Waals surface area contributed by atoms with E-state index in [9.17, 15) is 13.6 Å². The molecular formula is C13H15F2NO3. The number of methoxy groups -OCH3 is 1. The third-order valence-corrected chi connectivity index (χ3v) is 3.18. The van der Waals surface area contributed by atoms with Gasteiger partial charge in [0.1, 0.15) is 11.6 Å². The zero-order valence-electron chi connectivity index (χ0n) is 10.7. The maximum Gasteiger partial charge on any atom is 0.340 e. The molecule has 1 fully saturated rings. The van der Waals surface area contributed by atoms with Gasteiger partial charge in [0.2, 0.25) is 0 Å². The molecule has 2 atom stereocenters. The van der Waals surface area contributed by atoms with Gasteiger partial charge in [0.15, 0.2) is 0 Å². The zero-order chi connectivity index (χ0) is 14.0. The summed E-state index contributed by atoms with van der Waals surface area (Å²) >= 11 is 0. The van der Waals surface area contributed by atoms with E-state index in [1.807, 2.05) is 6.92 Å². The third kappa shape index (κ3) is 2.84. The van der Waals surface area contributed by atoms with Crippen LogP contribution in [-0.4, -0.2) is 31.8 Å². The molecule has 0 aromatic heterocycles. The summed E-state index contributed by atoms with van der Waals surface area (Å²) in [6, 6.07) is 1.74. The highest BCUT2D eigenvalue weighted by Crippen LogP contribution is 2.24. The highest BCUT2D eigenvalue weighted by Gasteiger charge is 2.26. The number of halogens is 2. The Kier molecular flexibility index (Phi) is 3.99. The molecule has 1 N–H and O–H groups in total. The second-order valence-corrected chi connectivity index (χ2v) is 4.42. The summed E-state index contributed by atoms with van der Waals surface area (Å²) in [4.78, 5) is 11.4. The number of hydrogen-bond acceptors (Lipinski definition) is 4. The molecule has 6 heteroatoms. The van der Waals surface area contributed by atoms with Crippen LogP contribution in [-0.2, 0) is 9.47 Å². The number of anilines is 1. The van der Waals surface area contributed by atoms with Gasteiger partial charge in [-0.05, 0) is 19.4 Å². The van der Waals surface area contributed by atoms with Crippen molar-refractivity contribution >= 4 is 11.7 Å². The van der Waals surface area contributed by atoms with Crippen molar-refractivity contribution in [1.82, 2.24) is 0 Å². The van der Waals surface area contributed by atoms with Crippen molar-refractivity contribution < 1.29 is 23.0 Å². The van der Waals surface area contributed by atoms with Gasteiger partial charge in [-0.15, -0.1) is 0 Å². The van der Waals surface area contributed by atoms with E-state index in [-0.39, 0.29) is 23.4 Å². The van der Waals surface area contributed by atoms with E-state index in [0.29, 0.717) is 12.7 Å². The molecule has 19 heavy (non-hydrogen) atoms. The predicted molar refractivity (Wildman–Crippen MR) is 65.1 cm³/mol. The van der Waals surface area contributed by atoms with E-state index in [1.165, 1.54) is 0 Å². The largest absolute Gasteiger partial charge is 0.465 e. The molecule has 4 nitrogen and oxygen atoms in total. The molecule has 1 aromatic carbocycles. The first-order valence-electron chi connectivity index (χ1n) is 5.98. The minimum atomic E-state index is -0.939. The molecular weight excluding hydrogens is 256 g/mol. The Hall–Kier alpha value is -1.69. The molecule has 0 spiro atoms. The first kappa shape index (κ1) is 13.7. The van der Waals surface area contributed by atoms with Crippen LogP contribution in [0.2, 0.25) is 0 Å². The van der Waals surface area contributed by atoms with Crippen LogP contribution in [0.1, 0.15) is 23.7 Å². The van der Waals surface area contributed by atoms with Gasteiger partial charge < -0.3 is 14.8 Å². The Balaban J connectivity index is 2.27. The lowest BCUT2D eigenvalue weighted by molar-refractivity contribution is 0.0595. The fourth-order valence-electron chi connectivity index (χ4n) is 2.05. The number of nitrogens with one attached hydrogen (secondary N) is 1. The number of benzene rings is 1. The van der Waals surface area contributed by atoms with Gasteiger partial charge in [0.05, 0.1) is 30.5 Å². The van der Waals surface area contributed by atoms with Crippen molar-refractivity contribution in [2.45, 2.75) is 25.5 Å². The molecule has 1 aliphatic rings. The summed E-state index contributed by atoms with van der Waals surface area (Å²) in [7, 11) is 1.14.